The van der Waals surface area contributed by atoms with E-state index >= 15 is 0 Å². The summed E-state index contributed by atoms with van der Waals surface area (Å²) in [6.07, 6.45) is 0.0403. The molecule has 5 aromatic rings. The highest BCUT2D eigenvalue weighted by molar-refractivity contribution is 5.82. The third kappa shape index (κ3) is 11.4. The molecule has 61 heavy (non-hydrogen) atoms. The lowest BCUT2D eigenvalue weighted by Gasteiger charge is -2.46. The van der Waals surface area contributed by atoms with E-state index < -0.39 is 48.6 Å². The molecule has 0 radical (unpaired) electrons. The molecule has 7 rings (SSSR count). The first-order valence-electron chi connectivity index (χ1n) is 20.6. The Morgan fingerprint density at radius 2 is 1.20 bits per heavy atom. The zero-order valence-electron chi connectivity index (χ0n) is 34.4. The van der Waals surface area contributed by atoms with Gasteiger partial charge in [-0.1, -0.05) is 152 Å². The third-order valence-corrected chi connectivity index (χ3v) is 10.9. The van der Waals surface area contributed by atoms with Crippen molar-refractivity contribution in [2.45, 2.75) is 75.6 Å². The van der Waals surface area contributed by atoms with Crippen LogP contribution in [0.2, 0.25) is 0 Å². The molecule has 1 fully saturated rings. The largest absolute Gasteiger partial charge is 0.467 e. The molecule has 0 aromatic heterocycles. The highest BCUT2D eigenvalue weighted by Gasteiger charge is 2.47. The highest BCUT2D eigenvalue weighted by atomic mass is 16.6. The van der Waals surface area contributed by atoms with Gasteiger partial charge in [-0.05, 0) is 45.4 Å². The number of nitrogens with one attached hydrogen (secondary N) is 2. The molecule has 2 amide bonds. The van der Waals surface area contributed by atoms with Crippen LogP contribution in [0.25, 0.3) is 11.1 Å². The fourth-order valence-electron chi connectivity index (χ4n) is 7.95. The van der Waals surface area contributed by atoms with E-state index in [0.717, 1.165) is 38.9 Å². The first-order valence-corrected chi connectivity index (χ1v) is 20.6. The van der Waals surface area contributed by atoms with Crippen LogP contribution >= 0.6 is 0 Å². The minimum absolute atomic E-state index is 0.0438. The van der Waals surface area contributed by atoms with Gasteiger partial charge < -0.3 is 39.1 Å². The van der Waals surface area contributed by atoms with Gasteiger partial charge in [0.15, 0.2) is 0 Å². The van der Waals surface area contributed by atoms with E-state index in [1.54, 1.807) is 12.2 Å². The third-order valence-electron chi connectivity index (χ3n) is 10.9. The van der Waals surface area contributed by atoms with E-state index in [0.29, 0.717) is 6.61 Å². The second kappa shape index (κ2) is 21.4. The normalized spacial score (nSPS) is 20.0. The molecule has 0 saturated carbocycles. The molecule has 11 heteroatoms. The molecule has 2 aliphatic rings. The number of fused-ring (bicyclic) bond motifs is 3. The number of amides is 2. The molecule has 316 valence electrons. The number of alkyl carbamates (subject to hydrolysis) is 1. The number of benzene rings is 5. The molecule has 1 saturated heterocycles. The summed E-state index contributed by atoms with van der Waals surface area (Å²) in [6, 6.07) is 43.8. The van der Waals surface area contributed by atoms with Crippen molar-refractivity contribution in [3.8, 4) is 11.1 Å². The predicted molar refractivity (Wildman–Crippen MR) is 230 cm³/mol. The summed E-state index contributed by atoms with van der Waals surface area (Å²) in [5.74, 6) is -1.08. The molecule has 2 N–H and O–H groups in total. The second-order valence-corrected chi connectivity index (χ2v) is 15.1. The number of methoxy groups -OCH3 is 1. The Balaban J connectivity index is 1.09. The van der Waals surface area contributed by atoms with Gasteiger partial charge in [0.2, 0.25) is 5.91 Å². The van der Waals surface area contributed by atoms with E-state index in [4.69, 9.17) is 28.4 Å². The summed E-state index contributed by atoms with van der Waals surface area (Å²) in [5, 5.41) is 5.77. The number of carbonyl (C=O) groups excluding carboxylic acids is 3. The monoisotopic (exact) mass is 824 g/mol. The Bertz CT molecular complexity index is 2170. The Morgan fingerprint density at radius 1 is 0.672 bits per heavy atom. The summed E-state index contributed by atoms with van der Waals surface area (Å²) >= 11 is 0. The van der Waals surface area contributed by atoms with Crippen molar-refractivity contribution >= 4 is 18.0 Å². The molecule has 5 aromatic carbocycles. The van der Waals surface area contributed by atoms with Crippen molar-refractivity contribution in [3.05, 3.63) is 179 Å². The van der Waals surface area contributed by atoms with Gasteiger partial charge in [-0.2, -0.15) is 0 Å². The molecule has 1 aliphatic carbocycles. The Kier molecular flexibility index (Phi) is 15.1. The van der Waals surface area contributed by atoms with Crippen LogP contribution in [0.5, 0.6) is 0 Å². The Labute approximate surface area is 357 Å². The van der Waals surface area contributed by atoms with Crippen molar-refractivity contribution in [1.29, 1.82) is 0 Å². The van der Waals surface area contributed by atoms with E-state index in [-0.39, 0.29) is 44.7 Å². The van der Waals surface area contributed by atoms with E-state index in [9.17, 15) is 14.4 Å². The molecule has 11 nitrogen and oxygen atoms in total. The standard InChI is InChI=1S/C50H52N2O9/c1-34(53)51-46-44(28-16-27-43(49(54)56-2)52-50(55)60-32-42-40-25-14-12-23-38(40)39-24-13-15-26-41(39)42)61-45(33-57-29-35-17-6-3-7-18-35)47(58-30-36-19-8-4-9-20-36)48(46)59-31-37-21-10-5-11-22-37/h3-26,28,42-48H,27,29-33H2,1-2H3,(H,51,53)(H,52,55)/b28-16+/t43-,44+,45+,46-,47+,48+/m0/s1. The van der Waals surface area contributed by atoms with E-state index in [1.165, 1.54) is 14.0 Å². The first-order chi connectivity index (χ1) is 29.9. The fourth-order valence-corrected chi connectivity index (χ4v) is 7.95. The maximum Gasteiger partial charge on any atom is 0.407 e. The van der Waals surface area contributed by atoms with Crippen molar-refractivity contribution in [2.24, 2.45) is 0 Å². The minimum Gasteiger partial charge on any atom is -0.467 e. The van der Waals surface area contributed by atoms with E-state index in [1.807, 2.05) is 127 Å². The van der Waals surface area contributed by atoms with Crippen LogP contribution in [-0.2, 0) is 57.8 Å². The number of hydrogen-bond acceptors (Lipinski definition) is 9. The topological polar surface area (TPSA) is 131 Å². The lowest BCUT2D eigenvalue weighted by molar-refractivity contribution is -0.223. The molecular weight excluding hydrogens is 773 g/mol. The van der Waals surface area contributed by atoms with Gasteiger partial charge in [0.25, 0.3) is 0 Å². The van der Waals surface area contributed by atoms with Crippen LogP contribution in [0, 0.1) is 0 Å². The molecule has 0 spiro atoms. The Morgan fingerprint density at radius 3 is 1.75 bits per heavy atom. The summed E-state index contributed by atoms with van der Waals surface area (Å²) in [6.45, 7) is 2.55. The quantitative estimate of drug-likeness (QED) is 0.0676. The summed E-state index contributed by atoms with van der Waals surface area (Å²) in [4.78, 5) is 39.2. The Hall–Kier alpha value is -6.11. The zero-order chi connectivity index (χ0) is 42.4. The van der Waals surface area contributed by atoms with Gasteiger partial charge in [0, 0.05) is 12.8 Å². The van der Waals surface area contributed by atoms with Gasteiger partial charge >= 0.3 is 12.1 Å². The van der Waals surface area contributed by atoms with Gasteiger partial charge in [-0.25, -0.2) is 9.59 Å². The van der Waals surface area contributed by atoms with Gasteiger partial charge in [-0.15, -0.1) is 0 Å². The average Bonchev–Trinajstić information content (AvgIpc) is 3.61. The smallest absolute Gasteiger partial charge is 0.407 e. The lowest BCUT2D eigenvalue weighted by Crippen LogP contribution is -2.65. The van der Waals surface area contributed by atoms with Crippen molar-refractivity contribution in [2.75, 3.05) is 20.3 Å². The fraction of sp³-hybridized carbons (Fsp3) is 0.300. The number of hydrogen-bond donors (Lipinski definition) is 2. The lowest BCUT2D eigenvalue weighted by atomic mass is 9.91. The molecular formula is C50H52N2O9. The molecule has 1 aliphatic heterocycles. The summed E-state index contributed by atoms with van der Waals surface area (Å²) < 4.78 is 37.2. The maximum atomic E-state index is 13.3. The van der Waals surface area contributed by atoms with Crippen LogP contribution in [0.15, 0.2) is 152 Å². The van der Waals surface area contributed by atoms with Crippen molar-refractivity contribution in [3.63, 3.8) is 0 Å². The van der Waals surface area contributed by atoms with Gasteiger partial charge in [-0.3, -0.25) is 4.79 Å². The number of rotatable bonds is 18. The number of ether oxygens (including phenoxy) is 6. The average molecular weight is 825 g/mol. The van der Waals surface area contributed by atoms with Crippen LogP contribution in [0.1, 0.15) is 47.1 Å². The SMILES string of the molecule is COC(=O)[C@H](C/C=C/[C@H]1O[C@H](COCc2ccccc2)[C@@H](OCc2ccccc2)[C@H](OCc2ccccc2)[C@H]1NC(C)=O)NC(=O)OCC1c2ccccc2-c2ccccc21. The van der Waals surface area contributed by atoms with Gasteiger partial charge in [0.05, 0.1) is 45.7 Å². The zero-order valence-corrected chi connectivity index (χ0v) is 34.4. The summed E-state index contributed by atoms with van der Waals surface area (Å²) in [7, 11) is 1.26. The molecule has 6 atom stereocenters. The highest BCUT2D eigenvalue weighted by Crippen LogP contribution is 2.44. The van der Waals surface area contributed by atoms with Crippen LogP contribution in [-0.4, -0.2) is 74.8 Å². The van der Waals surface area contributed by atoms with Crippen molar-refractivity contribution in [1.82, 2.24) is 10.6 Å². The van der Waals surface area contributed by atoms with Crippen LogP contribution < -0.4 is 10.6 Å². The van der Waals surface area contributed by atoms with Gasteiger partial charge in [0.1, 0.15) is 31.0 Å². The maximum absolute atomic E-state index is 13.3. The molecule has 0 unspecified atom stereocenters. The number of carbonyl (C=O) groups is 3. The van der Waals surface area contributed by atoms with Crippen LogP contribution in [0.3, 0.4) is 0 Å². The molecule has 1 heterocycles. The predicted octanol–water partition coefficient (Wildman–Crippen LogP) is 7.67. The van der Waals surface area contributed by atoms with Crippen molar-refractivity contribution < 1.29 is 42.8 Å². The minimum atomic E-state index is -1.07. The van der Waals surface area contributed by atoms with E-state index in [2.05, 4.69) is 22.8 Å². The number of esters is 1. The summed E-state index contributed by atoms with van der Waals surface area (Å²) in [5.41, 5.74) is 7.28. The second-order valence-electron chi connectivity index (χ2n) is 15.1. The molecule has 0 bridgehead atoms. The van der Waals surface area contributed by atoms with Crippen LogP contribution in [0.4, 0.5) is 4.79 Å². The first kappa shape index (κ1) is 43.0.